The van der Waals surface area contributed by atoms with Crippen LogP contribution in [0.25, 0.3) is 10.9 Å². The summed E-state index contributed by atoms with van der Waals surface area (Å²) in [7, 11) is 0. The third kappa shape index (κ3) is 3.21. The molecule has 0 unspecified atom stereocenters. The quantitative estimate of drug-likeness (QED) is 0.485. The number of nitrogens with zero attached hydrogens (tertiary/aromatic N) is 4. The van der Waals surface area contributed by atoms with Crippen molar-refractivity contribution < 1.29 is 14.1 Å². The minimum absolute atomic E-state index is 0.286. The summed E-state index contributed by atoms with van der Waals surface area (Å²) < 4.78 is 13.1. The van der Waals surface area contributed by atoms with E-state index in [-0.39, 0.29) is 6.03 Å². The molecule has 9 heteroatoms. The normalized spacial score (nSPS) is 15.2. The number of amides is 1. The van der Waals surface area contributed by atoms with E-state index in [4.69, 9.17) is 9.26 Å². The molecule has 1 fully saturated rings. The first-order valence-corrected chi connectivity index (χ1v) is 10.8. The summed E-state index contributed by atoms with van der Waals surface area (Å²) in [4.78, 5) is 21.6. The maximum absolute atomic E-state index is 12.9. The molecule has 2 aliphatic rings. The lowest BCUT2D eigenvalue weighted by molar-refractivity contribution is 0.254. The number of hydrogen-bond acceptors (Lipinski definition) is 7. The van der Waals surface area contributed by atoms with Gasteiger partial charge in [0, 0.05) is 42.2 Å². The van der Waals surface area contributed by atoms with E-state index in [0.29, 0.717) is 24.2 Å². The second-order valence-corrected chi connectivity index (χ2v) is 8.14. The Morgan fingerprint density at radius 2 is 2.19 bits per heavy atom. The van der Waals surface area contributed by atoms with Crippen molar-refractivity contribution in [2.45, 2.75) is 45.2 Å². The molecule has 1 amide bonds. The van der Waals surface area contributed by atoms with Crippen molar-refractivity contribution >= 4 is 22.8 Å². The Hall–Kier alpha value is -3.72. The standard InChI is InChI=1S/C23H22N6O3/c1-2-14-15-7-8-29(23(30)27-21-9-20(32-28-21)13-3-4-13)18(15)5-6-19(14)31-22-16-10-24-11-17(16)25-12-26-22/h5-9,12-13,24H,2-4,10-11H2,1H3,(H,27,28,30). The van der Waals surface area contributed by atoms with Crippen LogP contribution < -0.4 is 15.4 Å². The summed E-state index contributed by atoms with van der Waals surface area (Å²) >= 11 is 0. The average Bonchev–Trinajstić information content (AvgIpc) is 3.18. The second-order valence-electron chi connectivity index (χ2n) is 8.14. The number of carbonyl (C=O) groups is 1. The zero-order valence-corrected chi connectivity index (χ0v) is 17.6. The maximum atomic E-state index is 12.9. The molecule has 0 atom stereocenters. The second kappa shape index (κ2) is 7.45. The predicted molar refractivity (Wildman–Crippen MR) is 117 cm³/mol. The number of fused-ring (bicyclic) bond motifs is 2. The number of nitrogens with one attached hydrogen (secondary N) is 2. The number of benzene rings is 1. The number of hydrogen-bond donors (Lipinski definition) is 2. The monoisotopic (exact) mass is 430 g/mol. The van der Waals surface area contributed by atoms with Crippen LogP contribution in [-0.2, 0) is 19.5 Å². The van der Waals surface area contributed by atoms with E-state index < -0.39 is 0 Å². The van der Waals surface area contributed by atoms with E-state index in [1.54, 1.807) is 16.8 Å². The van der Waals surface area contributed by atoms with Gasteiger partial charge in [0.15, 0.2) is 5.82 Å². The Morgan fingerprint density at radius 3 is 3.03 bits per heavy atom. The lowest BCUT2D eigenvalue weighted by Gasteiger charge is -2.13. The van der Waals surface area contributed by atoms with Gasteiger partial charge in [-0.15, -0.1) is 0 Å². The highest BCUT2D eigenvalue weighted by Gasteiger charge is 2.28. The lowest BCUT2D eigenvalue weighted by atomic mass is 10.1. The summed E-state index contributed by atoms with van der Waals surface area (Å²) in [5, 5.41) is 11.0. The van der Waals surface area contributed by atoms with Gasteiger partial charge in [-0.2, -0.15) is 0 Å². The summed E-state index contributed by atoms with van der Waals surface area (Å²) in [5.41, 5.74) is 3.77. The van der Waals surface area contributed by atoms with Gasteiger partial charge in [0.05, 0.1) is 16.8 Å². The van der Waals surface area contributed by atoms with Crippen molar-refractivity contribution in [1.82, 2.24) is 25.0 Å². The highest BCUT2D eigenvalue weighted by molar-refractivity contribution is 5.99. The van der Waals surface area contributed by atoms with Gasteiger partial charge < -0.3 is 14.6 Å². The Morgan fingerprint density at radius 1 is 1.28 bits per heavy atom. The molecule has 1 aliphatic carbocycles. The maximum Gasteiger partial charge on any atom is 0.331 e. The molecular formula is C23H22N6O3. The molecule has 3 aromatic heterocycles. The first-order chi connectivity index (χ1) is 15.7. The van der Waals surface area contributed by atoms with Crippen LogP contribution in [0.4, 0.5) is 10.6 Å². The molecule has 1 aromatic carbocycles. The molecule has 9 nitrogen and oxygen atoms in total. The number of anilines is 1. The molecule has 4 aromatic rings. The SMILES string of the molecule is CCc1c(Oc2ncnc3c2CNC3)ccc2c1ccn2C(=O)Nc1cc(C2CC2)on1. The van der Waals surface area contributed by atoms with Crippen molar-refractivity contribution in [3.8, 4) is 11.6 Å². The highest BCUT2D eigenvalue weighted by Crippen LogP contribution is 2.40. The predicted octanol–water partition coefficient (Wildman–Crippen LogP) is 4.33. The van der Waals surface area contributed by atoms with Crippen LogP contribution in [0.15, 0.2) is 41.3 Å². The van der Waals surface area contributed by atoms with Crippen LogP contribution in [0.3, 0.4) is 0 Å². The Labute approximate surface area is 183 Å². The van der Waals surface area contributed by atoms with Crippen LogP contribution in [0.1, 0.15) is 48.3 Å². The van der Waals surface area contributed by atoms with E-state index in [0.717, 1.165) is 65.0 Å². The van der Waals surface area contributed by atoms with E-state index in [1.807, 2.05) is 18.2 Å². The number of rotatable bonds is 5. The van der Waals surface area contributed by atoms with Crippen molar-refractivity contribution in [2.75, 3.05) is 5.32 Å². The number of carbonyl (C=O) groups excluding carboxylic acids is 1. The first kappa shape index (κ1) is 19.0. The first-order valence-electron chi connectivity index (χ1n) is 10.8. The van der Waals surface area contributed by atoms with Crippen molar-refractivity contribution in [2.24, 2.45) is 0 Å². The van der Waals surface area contributed by atoms with Gasteiger partial charge in [0.2, 0.25) is 5.88 Å². The molecule has 2 N–H and O–H groups in total. The average molecular weight is 430 g/mol. The van der Waals surface area contributed by atoms with Crippen LogP contribution in [-0.4, -0.2) is 25.7 Å². The summed E-state index contributed by atoms with van der Waals surface area (Å²) in [6, 6.07) is 7.24. The largest absolute Gasteiger partial charge is 0.438 e. The fraction of sp³-hybridized carbons (Fsp3) is 0.304. The highest BCUT2D eigenvalue weighted by atomic mass is 16.5. The van der Waals surface area contributed by atoms with Gasteiger partial charge >= 0.3 is 6.03 Å². The lowest BCUT2D eigenvalue weighted by Crippen LogP contribution is -2.18. The molecule has 162 valence electrons. The fourth-order valence-corrected chi connectivity index (χ4v) is 4.23. The van der Waals surface area contributed by atoms with Gasteiger partial charge in [-0.1, -0.05) is 12.1 Å². The van der Waals surface area contributed by atoms with Crippen molar-refractivity contribution in [3.63, 3.8) is 0 Å². The summed E-state index contributed by atoms with van der Waals surface area (Å²) in [6.45, 7) is 3.48. The van der Waals surface area contributed by atoms with Crippen LogP contribution in [0.5, 0.6) is 11.6 Å². The minimum atomic E-state index is -0.286. The van der Waals surface area contributed by atoms with Crippen LogP contribution >= 0.6 is 0 Å². The molecule has 1 aliphatic heterocycles. The molecule has 32 heavy (non-hydrogen) atoms. The third-order valence-corrected chi connectivity index (χ3v) is 6.05. The molecule has 4 heterocycles. The van der Waals surface area contributed by atoms with E-state index in [1.165, 1.54) is 6.33 Å². The van der Waals surface area contributed by atoms with Gasteiger partial charge in [-0.05, 0) is 37.5 Å². The number of aromatic nitrogens is 4. The van der Waals surface area contributed by atoms with E-state index in [2.05, 4.69) is 32.7 Å². The molecular weight excluding hydrogens is 408 g/mol. The van der Waals surface area contributed by atoms with Crippen molar-refractivity contribution in [3.05, 3.63) is 59.4 Å². The van der Waals surface area contributed by atoms with Gasteiger partial charge in [-0.25, -0.2) is 14.8 Å². The van der Waals surface area contributed by atoms with Gasteiger partial charge in [0.25, 0.3) is 0 Å². The topological polar surface area (TPSA) is 107 Å². The Kier molecular flexibility index (Phi) is 4.43. The summed E-state index contributed by atoms with van der Waals surface area (Å²) in [6.07, 6.45) is 6.27. The zero-order valence-electron chi connectivity index (χ0n) is 17.6. The van der Waals surface area contributed by atoms with Gasteiger partial charge in [-0.3, -0.25) is 9.88 Å². The smallest absolute Gasteiger partial charge is 0.331 e. The molecule has 0 spiro atoms. The van der Waals surface area contributed by atoms with E-state index in [9.17, 15) is 4.79 Å². The van der Waals surface area contributed by atoms with Crippen molar-refractivity contribution in [1.29, 1.82) is 0 Å². The minimum Gasteiger partial charge on any atom is -0.438 e. The Bertz CT molecular complexity index is 1340. The molecule has 0 saturated heterocycles. The molecule has 0 bridgehead atoms. The third-order valence-electron chi connectivity index (χ3n) is 6.05. The number of ether oxygens (including phenoxy) is 1. The van der Waals surface area contributed by atoms with Gasteiger partial charge in [0.1, 0.15) is 17.8 Å². The number of aryl methyl sites for hydroxylation is 1. The zero-order chi connectivity index (χ0) is 21.7. The molecule has 0 radical (unpaired) electrons. The summed E-state index contributed by atoms with van der Waals surface area (Å²) in [5.74, 6) is 3.01. The van der Waals surface area contributed by atoms with E-state index >= 15 is 0 Å². The molecule has 1 saturated carbocycles. The van der Waals surface area contributed by atoms with Crippen LogP contribution in [0.2, 0.25) is 0 Å². The molecule has 6 rings (SSSR count). The Balaban J connectivity index is 1.30. The van der Waals surface area contributed by atoms with Crippen LogP contribution in [0, 0.1) is 0 Å². The fourth-order valence-electron chi connectivity index (χ4n) is 4.23.